The summed E-state index contributed by atoms with van der Waals surface area (Å²) in [6, 6.07) is 5.70. The van der Waals surface area contributed by atoms with Crippen LogP contribution in [0.15, 0.2) is 17.7 Å². The van der Waals surface area contributed by atoms with E-state index in [4.69, 9.17) is 16.1 Å². The number of rotatable bonds is 2. The highest BCUT2D eigenvalue weighted by atomic mass is 16.3. The fourth-order valence-corrected chi connectivity index (χ4v) is 1.29. The predicted molar refractivity (Wildman–Crippen MR) is 61.0 cm³/mol. The van der Waals surface area contributed by atoms with Crippen LogP contribution in [-0.2, 0) is 0 Å². The first kappa shape index (κ1) is 11.3. The number of aryl methyl sites for hydroxylation is 2. The number of nitrogen functional groups attached to an aromatic ring is 1. The number of aliphatic hydroxyl groups excluding tert-OH is 1. The quantitative estimate of drug-likeness (QED) is 0.567. The molecule has 0 fully saturated rings. The summed E-state index contributed by atoms with van der Waals surface area (Å²) in [7, 11) is 0. The second kappa shape index (κ2) is 4.63. The van der Waals surface area contributed by atoms with E-state index in [1.165, 1.54) is 0 Å². The van der Waals surface area contributed by atoms with Crippen LogP contribution in [0.4, 0.5) is 5.69 Å². The highest BCUT2D eigenvalue weighted by Gasteiger charge is 2.01. The molecule has 0 aliphatic heterocycles. The van der Waals surface area contributed by atoms with E-state index in [2.05, 4.69) is 0 Å². The molecule has 0 radical (unpaired) electrons. The Bertz CT molecular complexity index is 442. The zero-order valence-electron chi connectivity index (χ0n) is 8.91. The summed E-state index contributed by atoms with van der Waals surface area (Å²) in [6.45, 7) is 3.70. The van der Waals surface area contributed by atoms with Gasteiger partial charge in [-0.15, -0.1) is 0 Å². The van der Waals surface area contributed by atoms with Crippen molar-refractivity contribution < 1.29 is 5.11 Å². The van der Waals surface area contributed by atoms with Gasteiger partial charge in [-0.3, -0.25) is 0 Å². The van der Waals surface area contributed by atoms with Crippen molar-refractivity contribution in [3.63, 3.8) is 0 Å². The molecular formula is C12H14N2O. The molecule has 0 spiro atoms. The van der Waals surface area contributed by atoms with E-state index in [1.807, 2.05) is 32.0 Å². The molecule has 0 atom stereocenters. The molecule has 1 aromatic carbocycles. The van der Waals surface area contributed by atoms with Gasteiger partial charge in [-0.05, 0) is 48.7 Å². The number of hydrogen-bond acceptors (Lipinski definition) is 3. The predicted octanol–water partition coefficient (Wildman–Crippen LogP) is 1.78. The van der Waals surface area contributed by atoms with Crippen LogP contribution >= 0.6 is 0 Å². The second-order valence-electron chi connectivity index (χ2n) is 3.50. The van der Waals surface area contributed by atoms with Crippen LogP contribution in [-0.4, -0.2) is 11.7 Å². The first-order valence-corrected chi connectivity index (χ1v) is 4.66. The molecule has 1 rings (SSSR count). The van der Waals surface area contributed by atoms with Crippen molar-refractivity contribution in [1.29, 1.82) is 5.26 Å². The summed E-state index contributed by atoms with van der Waals surface area (Å²) in [6.07, 6.45) is 1.61. The number of nitrogens with two attached hydrogens (primary N) is 1. The standard InChI is InChI=1S/C12H14N2O/c1-8-3-11(5-10(6-13)7-15)12(14)4-9(8)2/h3-5,15H,7,14H2,1-2H3/b10-5-. The highest BCUT2D eigenvalue weighted by molar-refractivity contribution is 5.69. The summed E-state index contributed by atoms with van der Waals surface area (Å²) in [5.74, 6) is 0. The molecule has 3 nitrogen and oxygen atoms in total. The van der Waals surface area contributed by atoms with E-state index in [-0.39, 0.29) is 6.61 Å². The smallest absolute Gasteiger partial charge is 0.0971 e. The van der Waals surface area contributed by atoms with Crippen LogP contribution in [0.1, 0.15) is 16.7 Å². The van der Waals surface area contributed by atoms with Gasteiger partial charge in [0.25, 0.3) is 0 Å². The molecule has 3 N–H and O–H groups in total. The van der Waals surface area contributed by atoms with Crippen LogP contribution in [0, 0.1) is 25.2 Å². The number of aliphatic hydroxyl groups is 1. The average molecular weight is 202 g/mol. The third kappa shape index (κ3) is 2.58. The second-order valence-corrected chi connectivity index (χ2v) is 3.50. The molecule has 15 heavy (non-hydrogen) atoms. The summed E-state index contributed by atoms with van der Waals surface area (Å²) in [5.41, 5.74) is 9.76. The van der Waals surface area contributed by atoms with Gasteiger partial charge in [-0.1, -0.05) is 0 Å². The third-order valence-electron chi connectivity index (χ3n) is 2.34. The molecule has 0 bridgehead atoms. The summed E-state index contributed by atoms with van der Waals surface area (Å²) >= 11 is 0. The maximum absolute atomic E-state index is 8.87. The minimum atomic E-state index is -0.261. The molecule has 0 aromatic heterocycles. The molecule has 0 aliphatic carbocycles. The summed E-state index contributed by atoms with van der Waals surface area (Å²) in [4.78, 5) is 0. The molecule has 3 heteroatoms. The van der Waals surface area contributed by atoms with Gasteiger partial charge in [0.2, 0.25) is 0 Å². The van der Waals surface area contributed by atoms with Gasteiger partial charge in [-0.25, -0.2) is 0 Å². The monoisotopic (exact) mass is 202 g/mol. The summed E-state index contributed by atoms with van der Waals surface area (Å²) < 4.78 is 0. The Labute approximate surface area is 89.5 Å². The number of hydrogen-bond donors (Lipinski definition) is 2. The van der Waals surface area contributed by atoms with Gasteiger partial charge in [-0.2, -0.15) is 5.26 Å². The van der Waals surface area contributed by atoms with Gasteiger partial charge in [0.1, 0.15) is 0 Å². The molecule has 0 aliphatic rings. The minimum Gasteiger partial charge on any atom is -0.398 e. The van der Waals surface area contributed by atoms with Gasteiger partial charge in [0, 0.05) is 5.69 Å². The van der Waals surface area contributed by atoms with Crippen LogP contribution in [0.2, 0.25) is 0 Å². The average Bonchev–Trinajstić information content (AvgIpc) is 2.21. The molecule has 0 saturated heterocycles. The topological polar surface area (TPSA) is 70.0 Å². The van der Waals surface area contributed by atoms with Crippen molar-refractivity contribution in [3.05, 3.63) is 34.4 Å². The minimum absolute atomic E-state index is 0.261. The zero-order chi connectivity index (χ0) is 11.4. The Kier molecular flexibility index (Phi) is 3.48. The third-order valence-corrected chi connectivity index (χ3v) is 2.34. The Morgan fingerprint density at radius 2 is 2.07 bits per heavy atom. The molecule has 0 saturated carbocycles. The molecule has 0 amide bonds. The lowest BCUT2D eigenvalue weighted by molar-refractivity contribution is 0.337. The van der Waals surface area contributed by atoms with Gasteiger partial charge >= 0.3 is 0 Å². The summed E-state index contributed by atoms with van der Waals surface area (Å²) in [5, 5.41) is 17.6. The van der Waals surface area contributed by atoms with Crippen molar-refractivity contribution in [2.24, 2.45) is 0 Å². The Balaban J connectivity index is 3.22. The van der Waals surface area contributed by atoms with E-state index in [0.717, 1.165) is 16.7 Å². The fourth-order valence-electron chi connectivity index (χ4n) is 1.29. The fraction of sp³-hybridized carbons (Fsp3) is 0.250. The number of benzene rings is 1. The lowest BCUT2D eigenvalue weighted by atomic mass is 10.0. The first-order valence-electron chi connectivity index (χ1n) is 4.66. The first-order chi connectivity index (χ1) is 7.08. The van der Waals surface area contributed by atoms with Gasteiger partial charge < -0.3 is 10.8 Å². The lowest BCUT2D eigenvalue weighted by Gasteiger charge is -2.06. The largest absolute Gasteiger partial charge is 0.398 e. The molecule has 0 heterocycles. The van der Waals surface area contributed by atoms with Crippen LogP contribution in [0.3, 0.4) is 0 Å². The number of anilines is 1. The lowest BCUT2D eigenvalue weighted by Crippen LogP contribution is -1.94. The van der Waals surface area contributed by atoms with Gasteiger partial charge in [0.15, 0.2) is 0 Å². The van der Waals surface area contributed by atoms with E-state index in [9.17, 15) is 0 Å². The van der Waals surface area contributed by atoms with E-state index in [0.29, 0.717) is 11.3 Å². The maximum atomic E-state index is 8.87. The molecule has 0 unspecified atom stereocenters. The van der Waals surface area contributed by atoms with E-state index < -0.39 is 0 Å². The van der Waals surface area contributed by atoms with Crippen molar-refractivity contribution in [3.8, 4) is 6.07 Å². The van der Waals surface area contributed by atoms with Crippen molar-refractivity contribution in [2.45, 2.75) is 13.8 Å². The SMILES string of the molecule is Cc1cc(N)c(/C=C(/C#N)CO)cc1C. The zero-order valence-corrected chi connectivity index (χ0v) is 8.91. The Hall–Kier alpha value is -1.79. The van der Waals surface area contributed by atoms with Crippen molar-refractivity contribution in [2.75, 3.05) is 12.3 Å². The molecular weight excluding hydrogens is 188 g/mol. The Morgan fingerprint density at radius 1 is 1.47 bits per heavy atom. The van der Waals surface area contributed by atoms with E-state index >= 15 is 0 Å². The Morgan fingerprint density at radius 3 is 2.60 bits per heavy atom. The van der Waals surface area contributed by atoms with Crippen molar-refractivity contribution in [1.82, 2.24) is 0 Å². The number of nitriles is 1. The number of nitrogens with zero attached hydrogens (tertiary/aromatic N) is 1. The highest BCUT2D eigenvalue weighted by Crippen LogP contribution is 2.20. The normalized spacial score (nSPS) is 11.2. The van der Waals surface area contributed by atoms with Gasteiger partial charge in [0.05, 0.1) is 18.2 Å². The molecule has 78 valence electrons. The maximum Gasteiger partial charge on any atom is 0.0971 e. The van der Waals surface area contributed by atoms with Crippen LogP contribution < -0.4 is 5.73 Å². The van der Waals surface area contributed by atoms with Crippen molar-refractivity contribution >= 4 is 11.8 Å². The molecule has 1 aromatic rings. The van der Waals surface area contributed by atoms with Crippen LogP contribution in [0.5, 0.6) is 0 Å². The van der Waals surface area contributed by atoms with Crippen LogP contribution in [0.25, 0.3) is 6.08 Å². The van der Waals surface area contributed by atoms with E-state index in [1.54, 1.807) is 6.08 Å².